The molecule has 0 amide bonds. The fourth-order valence-electron chi connectivity index (χ4n) is 3.35. The summed E-state index contributed by atoms with van der Waals surface area (Å²) in [5, 5.41) is 7.50. The van der Waals surface area contributed by atoms with Gasteiger partial charge in [-0.2, -0.15) is 0 Å². The first-order valence-electron chi connectivity index (χ1n) is 7.36. The van der Waals surface area contributed by atoms with E-state index in [0.717, 1.165) is 16.4 Å². The van der Waals surface area contributed by atoms with Crippen LogP contribution >= 0.6 is 0 Å². The predicted octanol–water partition coefficient (Wildman–Crippen LogP) is 5.09. The van der Waals surface area contributed by atoms with E-state index in [1.807, 2.05) is 0 Å². The van der Waals surface area contributed by atoms with Crippen molar-refractivity contribution in [2.24, 2.45) is 0 Å². The first-order valence-corrected chi connectivity index (χ1v) is 7.36. The highest BCUT2D eigenvalue weighted by Gasteiger charge is 2.08. The summed E-state index contributed by atoms with van der Waals surface area (Å²) in [4.78, 5) is 8.94. The summed E-state index contributed by atoms with van der Waals surface area (Å²) < 4.78 is 0. The molecule has 0 aliphatic rings. The van der Waals surface area contributed by atoms with Gasteiger partial charge in [-0.1, -0.05) is 54.6 Å². The molecule has 22 heavy (non-hydrogen) atoms. The van der Waals surface area contributed by atoms with Gasteiger partial charge in [-0.15, -0.1) is 0 Å². The minimum Gasteiger partial charge on any atom is -0.253 e. The molecule has 0 unspecified atom stereocenters. The highest BCUT2D eigenvalue weighted by atomic mass is 14.8. The number of benzene rings is 4. The number of hydrogen-bond acceptors (Lipinski definition) is 2. The summed E-state index contributed by atoms with van der Waals surface area (Å²) in [6.45, 7) is 0. The van der Waals surface area contributed by atoms with E-state index in [1.165, 1.54) is 26.9 Å². The van der Waals surface area contributed by atoms with Crippen molar-refractivity contribution in [1.82, 2.24) is 9.97 Å². The Morgan fingerprint density at radius 2 is 1.32 bits per heavy atom. The second-order valence-electron chi connectivity index (χ2n) is 5.54. The van der Waals surface area contributed by atoms with Crippen LogP contribution in [-0.2, 0) is 0 Å². The van der Waals surface area contributed by atoms with Crippen LogP contribution in [0, 0.1) is 0 Å². The van der Waals surface area contributed by atoms with Crippen LogP contribution in [0.2, 0.25) is 0 Å². The summed E-state index contributed by atoms with van der Waals surface area (Å²) in [6.07, 6.45) is 3.50. The number of aromatic nitrogens is 2. The van der Waals surface area contributed by atoms with Crippen molar-refractivity contribution in [1.29, 1.82) is 0 Å². The van der Waals surface area contributed by atoms with Gasteiger partial charge in [0, 0.05) is 17.8 Å². The van der Waals surface area contributed by atoms with Gasteiger partial charge in [-0.25, -0.2) is 0 Å². The monoisotopic (exact) mass is 280 g/mol. The van der Waals surface area contributed by atoms with Crippen LogP contribution < -0.4 is 0 Å². The molecule has 102 valence electrons. The molecule has 0 bridgehead atoms. The van der Waals surface area contributed by atoms with Crippen molar-refractivity contribution in [2.45, 2.75) is 0 Å². The Bertz CT molecular complexity index is 1180. The molecular weight excluding hydrogens is 268 g/mol. The van der Waals surface area contributed by atoms with E-state index < -0.39 is 0 Å². The molecule has 0 aliphatic heterocycles. The minimum absolute atomic E-state index is 0.939. The summed E-state index contributed by atoms with van der Waals surface area (Å²) in [5.74, 6) is 0. The van der Waals surface area contributed by atoms with E-state index in [0.29, 0.717) is 0 Å². The maximum atomic E-state index is 4.53. The highest BCUT2D eigenvalue weighted by Crippen LogP contribution is 2.34. The van der Waals surface area contributed by atoms with Crippen LogP contribution in [0.5, 0.6) is 0 Å². The van der Waals surface area contributed by atoms with Gasteiger partial charge >= 0.3 is 0 Å². The zero-order valence-electron chi connectivity index (χ0n) is 11.8. The first-order chi connectivity index (χ1) is 10.9. The molecule has 0 radical (unpaired) electrons. The van der Waals surface area contributed by atoms with E-state index in [9.17, 15) is 0 Å². The van der Waals surface area contributed by atoms with Gasteiger partial charge < -0.3 is 0 Å². The van der Waals surface area contributed by atoms with E-state index in [-0.39, 0.29) is 0 Å². The summed E-state index contributed by atoms with van der Waals surface area (Å²) in [7, 11) is 0. The van der Waals surface area contributed by atoms with Crippen molar-refractivity contribution in [2.75, 3.05) is 0 Å². The molecule has 4 aromatic carbocycles. The summed E-state index contributed by atoms with van der Waals surface area (Å²) in [5.41, 5.74) is 1.91. The topological polar surface area (TPSA) is 25.8 Å². The quantitative estimate of drug-likeness (QED) is 0.369. The van der Waals surface area contributed by atoms with Crippen LogP contribution in [0.15, 0.2) is 73.1 Å². The van der Waals surface area contributed by atoms with Gasteiger partial charge in [-0.3, -0.25) is 9.97 Å². The molecule has 0 spiro atoms. The molecule has 1 heterocycles. The lowest BCUT2D eigenvalue weighted by Crippen LogP contribution is -1.86. The zero-order chi connectivity index (χ0) is 14.5. The molecule has 2 heteroatoms. The third kappa shape index (κ3) is 1.49. The highest BCUT2D eigenvalue weighted by molar-refractivity contribution is 6.23. The number of nitrogens with zero attached hydrogens (tertiary/aromatic N) is 2. The average molecular weight is 280 g/mol. The zero-order valence-corrected chi connectivity index (χ0v) is 11.8. The third-order valence-corrected chi connectivity index (χ3v) is 4.34. The van der Waals surface area contributed by atoms with Crippen LogP contribution in [0.1, 0.15) is 0 Å². The molecule has 2 nitrogen and oxygen atoms in total. The average Bonchev–Trinajstić information content (AvgIpc) is 2.60. The number of fused-ring (bicyclic) bond motifs is 7. The molecule has 0 saturated heterocycles. The lowest BCUT2D eigenvalue weighted by molar-refractivity contribution is 1.30. The number of hydrogen-bond donors (Lipinski definition) is 0. The Balaban J connectivity index is 2.11. The summed E-state index contributed by atoms with van der Waals surface area (Å²) >= 11 is 0. The van der Waals surface area contributed by atoms with Crippen LogP contribution in [0.4, 0.5) is 0 Å². The fourth-order valence-corrected chi connectivity index (χ4v) is 3.35. The van der Waals surface area contributed by atoms with Crippen molar-refractivity contribution >= 4 is 43.4 Å². The Morgan fingerprint density at radius 3 is 2.32 bits per heavy atom. The molecule has 0 fully saturated rings. The number of rotatable bonds is 0. The van der Waals surface area contributed by atoms with E-state index in [1.54, 1.807) is 12.4 Å². The Hall–Kier alpha value is -3.00. The molecule has 5 aromatic rings. The van der Waals surface area contributed by atoms with Crippen molar-refractivity contribution in [3.05, 3.63) is 73.1 Å². The van der Waals surface area contributed by atoms with Crippen LogP contribution in [-0.4, -0.2) is 9.97 Å². The normalized spacial score (nSPS) is 11.6. The van der Waals surface area contributed by atoms with Crippen molar-refractivity contribution in [3.63, 3.8) is 0 Å². The molecule has 1 aromatic heterocycles. The van der Waals surface area contributed by atoms with Gasteiger partial charge in [0.05, 0.1) is 11.0 Å². The first kappa shape index (κ1) is 11.6. The minimum atomic E-state index is 0.939. The van der Waals surface area contributed by atoms with Gasteiger partial charge in [0.1, 0.15) is 0 Å². The Labute approximate surface area is 127 Å². The second-order valence-corrected chi connectivity index (χ2v) is 5.54. The third-order valence-electron chi connectivity index (χ3n) is 4.34. The summed E-state index contributed by atoms with van der Waals surface area (Å²) in [6, 6.07) is 21.5. The maximum absolute atomic E-state index is 4.53. The van der Waals surface area contributed by atoms with Gasteiger partial charge in [0.25, 0.3) is 0 Å². The molecule has 0 aliphatic carbocycles. The van der Waals surface area contributed by atoms with Gasteiger partial charge in [-0.05, 0) is 33.0 Å². The van der Waals surface area contributed by atoms with Crippen molar-refractivity contribution < 1.29 is 0 Å². The molecule has 0 atom stereocenters. The SMILES string of the molecule is c1ccc2c(c1)ccc1ccc3c(ccc4nccnc43)c12. The van der Waals surface area contributed by atoms with Crippen LogP contribution in [0.25, 0.3) is 43.4 Å². The molecule has 5 rings (SSSR count). The van der Waals surface area contributed by atoms with Gasteiger partial charge in [0.2, 0.25) is 0 Å². The molecule has 0 saturated carbocycles. The lowest BCUT2D eigenvalue weighted by atomic mass is 9.96. The Morgan fingerprint density at radius 1 is 0.545 bits per heavy atom. The van der Waals surface area contributed by atoms with E-state index in [2.05, 4.69) is 70.6 Å². The van der Waals surface area contributed by atoms with Crippen molar-refractivity contribution in [3.8, 4) is 0 Å². The van der Waals surface area contributed by atoms with Crippen LogP contribution in [0.3, 0.4) is 0 Å². The fraction of sp³-hybridized carbons (Fsp3) is 0. The van der Waals surface area contributed by atoms with E-state index >= 15 is 0 Å². The largest absolute Gasteiger partial charge is 0.253 e. The standard InChI is InChI=1S/C20H12N2/c1-2-4-15-13(3-1)5-6-14-7-8-17-16(19(14)15)9-10-18-20(17)22-12-11-21-18/h1-12H. The maximum Gasteiger partial charge on any atom is 0.0965 e. The second kappa shape index (κ2) is 4.25. The smallest absolute Gasteiger partial charge is 0.0965 e. The predicted molar refractivity (Wildman–Crippen MR) is 92.1 cm³/mol. The van der Waals surface area contributed by atoms with Gasteiger partial charge in [0.15, 0.2) is 0 Å². The Kier molecular flexibility index (Phi) is 2.25. The lowest BCUT2D eigenvalue weighted by Gasteiger charge is -2.09. The molecule has 0 N–H and O–H groups in total. The molecular formula is C20H12N2. The van der Waals surface area contributed by atoms with E-state index in [4.69, 9.17) is 0 Å².